The predicted octanol–water partition coefficient (Wildman–Crippen LogP) is 12.4. The molecule has 3 aliphatic heterocycles. The lowest BCUT2D eigenvalue weighted by atomic mass is 9.72. The van der Waals surface area contributed by atoms with Crippen molar-refractivity contribution in [3.63, 3.8) is 0 Å². The maximum absolute atomic E-state index is 15.1. The number of carbonyl (C=O) groups is 4. The number of ether oxygens (including phenoxy) is 4. The summed E-state index contributed by atoms with van der Waals surface area (Å²) in [6, 6.07) is 29.2. The summed E-state index contributed by atoms with van der Waals surface area (Å²) < 4.78 is 23.1. The molecule has 0 aromatic heterocycles. The summed E-state index contributed by atoms with van der Waals surface area (Å²) in [6.45, 7) is 19.1. The van der Waals surface area contributed by atoms with Crippen LogP contribution in [0.2, 0.25) is 0 Å². The molecule has 9 rings (SSSR count). The van der Waals surface area contributed by atoms with Crippen LogP contribution >= 0.6 is 0 Å². The van der Waals surface area contributed by atoms with Gasteiger partial charge in [-0.25, -0.2) is 24.4 Å². The molecule has 6 aliphatic rings. The summed E-state index contributed by atoms with van der Waals surface area (Å²) in [6.07, 6.45) is 12.9. The van der Waals surface area contributed by atoms with Crippen LogP contribution in [-0.2, 0) is 38.1 Å². The number of para-hydroxylation sites is 2. The number of esters is 4. The SMILES string of the molecule is CCOC(=O)C1CC(C)(C(=O)OCC)N=C2C1=CC(=Nc1ccccc1)C(CCOC(=O)C1=CC(C)(C(=O)OCC)N=C3C(CC4CC(C)(C)N=C5C(C)=CC(=NC(C)c6ccccc6)C=C54)=CC(=Nc4ccccc4)C=C13)=C2C. The summed E-state index contributed by atoms with van der Waals surface area (Å²) in [5, 5.41) is 0. The van der Waals surface area contributed by atoms with Gasteiger partial charge in [-0.3, -0.25) is 24.8 Å². The zero-order chi connectivity index (χ0) is 56.9. The van der Waals surface area contributed by atoms with Gasteiger partial charge in [0.15, 0.2) is 11.1 Å². The lowest BCUT2D eigenvalue weighted by Gasteiger charge is -2.38. The van der Waals surface area contributed by atoms with Gasteiger partial charge in [0, 0.05) is 18.4 Å². The van der Waals surface area contributed by atoms with E-state index >= 15 is 4.79 Å². The van der Waals surface area contributed by atoms with E-state index in [4.69, 9.17) is 48.9 Å². The van der Waals surface area contributed by atoms with Crippen LogP contribution in [0.15, 0.2) is 202 Å². The first-order valence-corrected chi connectivity index (χ1v) is 27.7. The first-order chi connectivity index (χ1) is 38.3. The largest absolute Gasteiger partial charge is 0.466 e. The maximum atomic E-state index is 15.1. The quantitative estimate of drug-likeness (QED) is 0.0772. The third-order valence-corrected chi connectivity index (χ3v) is 15.1. The highest BCUT2D eigenvalue weighted by Gasteiger charge is 2.48. The summed E-state index contributed by atoms with van der Waals surface area (Å²) >= 11 is 0. The zero-order valence-corrected chi connectivity index (χ0v) is 47.5. The zero-order valence-electron chi connectivity index (χ0n) is 47.5. The summed E-state index contributed by atoms with van der Waals surface area (Å²) in [4.78, 5) is 87.4. The monoisotopic (exact) mass is 1070 g/mol. The van der Waals surface area contributed by atoms with Gasteiger partial charge in [-0.1, -0.05) is 66.7 Å². The molecule has 3 aromatic carbocycles. The molecule has 5 unspecified atom stereocenters. The molecule has 412 valence electrons. The van der Waals surface area contributed by atoms with Crippen molar-refractivity contribution in [3.8, 4) is 0 Å². The molecule has 0 fully saturated rings. The average molecular weight is 1080 g/mol. The highest BCUT2D eigenvalue weighted by molar-refractivity contribution is 6.31. The second-order valence-corrected chi connectivity index (χ2v) is 21.8. The molecule has 5 atom stereocenters. The molecule has 0 bridgehead atoms. The molecule has 3 heterocycles. The Morgan fingerprint density at radius 1 is 0.650 bits per heavy atom. The lowest BCUT2D eigenvalue weighted by Crippen LogP contribution is -2.46. The van der Waals surface area contributed by atoms with Crippen molar-refractivity contribution in [1.82, 2.24) is 0 Å². The molecule has 0 radical (unpaired) electrons. The van der Waals surface area contributed by atoms with Gasteiger partial charge < -0.3 is 18.9 Å². The van der Waals surface area contributed by atoms with E-state index in [1.165, 1.54) is 0 Å². The predicted molar refractivity (Wildman–Crippen MR) is 316 cm³/mol. The summed E-state index contributed by atoms with van der Waals surface area (Å²) in [5.41, 5.74) is 8.33. The number of dihydropyridines is 1. The van der Waals surface area contributed by atoms with Gasteiger partial charge in [0.05, 0.1) is 95.1 Å². The lowest BCUT2D eigenvalue weighted by molar-refractivity contribution is -0.152. The second kappa shape index (κ2) is 23.6. The minimum Gasteiger partial charge on any atom is -0.466 e. The number of benzene rings is 3. The van der Waals surface area contributed by atoms with Gasteiger partial charge in [0.2, 0.25) is 0 Å². The number of hydrogen-bond donors (Lipinski definition) is 0. The molecule has 14 heteroatoms. The van der Waals surface area contributed by atoms with Gasteiger partial charge in [0.25, 0.3) is 0 Å². The van der Waals surface area contributed by atoms with E-state index in [1.807, 2.05) is 104 Å². The van der Waals surface area contributed by atoms with E-state index < -0.39 is 46.4 Å². The van der Waals surface area contributed by atoms with E-state index in [9.17, 15) is 14.4 Å². The Kier molecular flexibility index (Phi) is 16.7. The normalized spacial score (nSPS) is 24.9. The summed E-state index contributed by atoms with van der Waals surface area (Å²) in [7, 11) is 0. The second-order valence-electron chi connectivity index (χ2n) is 21.8. The Morgan fingerprint density at radius 2 is 1.29 bits per heavy atom. The standard InChI is InChI=1S/C66H70N6O8/c1-11-77-60(73)55-39-65(9,62(75)78-12-2)71-58-41(5)50(56(36-53(55)58)69-47-27-21-16-22-28-47)29-30-80-61(74)54-38-66(10,63(76)79-13-3)72-59-44(33-49(35-52(54)59)68-46-25-19-15-20-26-46)32-45-37-64(7,8)70-57-40(4)31-48(34-51(45)57)67-42(6)43-23-17-14-18-24-43/h14-28,31,33-36,38,42,45,55H,11-13,29-30,32,37,39H2,1-10H3. The highest BCUT2D eigenvalue weighted by Crippen LogP contribution is 2.44. The van der Waals surface area contributed by atoms with Gasteiger partial charge in [-0.15, -0.1) is 0 Å². The molecule has 3 aliphatic carbocycles. The Labute approximate surface area is 469 Å². The highest BCUT2D eigenvalue weighted by atomic mass is 16.5. The van der Waals surface area contributed by atoms with Crippen LogP contribution in [0, 0.1) is 11.8 Å². The topological polar surface area (TPSA) is 179 Å². The number of hydrogen-bond acceptors (Lipinski definition) is 14. The van der Waals surface area contributed by atoms with Crippen LogP contribution in [0.3, 0.4) is 0 Å². The fraction of sp³-hybridized carbons (Fsp3) is 0.364. The van der Waals surface area contributed by atoms with Gasteiger partial charge in [-0.2, -0.15) is 0 Å². The number of aliphatic imine (C=N–C) groups is 6. The third-order valence-electron chi connectivity index (χ3n) is 15.1. The number of rotatable bonds is 16. The fourth-order valence-electron chi connectivity index (χ4n) is 11.2. The third kappa shape index (κ3) is 12.1. The fourth-order valence-corrected chi connectivity index (χ4v) is 11.2. The molecule has 3 aromatic rings. The Balaban J connectivity index is 1.09. The molecule has 0 saturated heterocycles. The number of fused-ring (bicyclic) bond motifs is 3. The summed E-state index contributed by atoms with van der Waals surface area (Å²) in [5.74, 6) is -3.25. The first kappa shape index (κ1) is 56.5. The van der Waals surface area contributed by atoms with Crippen molar-refractivity contribution < 1.29 is 38.1 Å². The molecule has 0 saturated carbocycles. The number of nitrogens with zero attached hydrogens (tertiary/aromatic N) is 6. The molecule has 0 amide bonds. The Bertz CT molecular complexity index is 3420. The van der Waals surface area contributed by atoms with Crippen LogP contribution in [0.4, 0.5) is 11.4 Å². The van der Waals surface area contributed by atoms with E-state index in [1.54, 1.807) is 40.7 Å². The van der Waals surface area contributed by atoms with E-state index in [0.29, 0.717) is 69.4 Å². The Hall–Kier alpha value is -8.26. The van der Waals surface area contributed by atoms with Crippen molar-refractivity contribution in [2.45, 2.75) is 118 Å². The van der Waals surface area contributed by atoms with E-state index in [0.717, 1.165) is 33.7 Å². The molecular formula is C66H70N6O8. The number of allylic oxidation sites excluding steroid dienone is 9. The molecule has 80 heavy (non-hydrogen) atoms. The van der Waals surface area contributed by atoms with Crippen LogP contribution in [0.5, 0.6) is 0 Å². The number of carbonyl (C=O) groups excluding carboxylic acids is 4. The van der Waals surface area contributed by atoms with E-state index in [-0.39, 0.29) is 56.8 Å². The molecule has 14 nitrogen and oxygen atoms in total. The van der Waals surface area contributed by atoms with Gasteiger partial charge in [-0.05, 0) is 188 Å². The van der Waals surface area contributed by atoms with E-state index in [2.05, 4.69) is 52.0 Å². The molecule has 0 spiro atoms. The van der Waals surface area contributed by atoms with Crippen molar-refractivity contribution in [1.29, 1.82) is 0 Å². The molecular weight excluding hydrogens is 1000 g/mol. The average Bonchev–Trinajstić information content (AvgIpc) is 3.64. The van der Waals surface area contributed by atoms with Crippen molar-refractivity contribution in [2.75, 3.05) is 26.4 Å². The Morgan fingerprint density at radius 3 is 1.95 bits per heavy atom. The molecule has 0 N–H and O–H groups in total. The van der Waals surface area contributed by atoms with Gasteiger partial charge in [0.1, 0.15) is 0 Å². The van der Waals surface area contributed by atoms with Crippen LogP contribution in [0.25, 0.3) is 0 Å². The van der Waals surface area contributed by atoms with Crippen LogP contribution in [0.1, 0.15) is 107 Å². The smallest absolute Gasteiger partial charge is 0.338 e. The van der Waals surface area contributed by atoms with Crippen molar-refractivity contribution in [2.24, 2.45) is 41.8 Å². The van der Waals surface area contributed by atoms with Crippen molar-refractivity contribution >= 4 is 69.5 Å². The van der Waals surface area contributed by atoms with Gasteiger partial charge >= 0.3 is 23.9 Å². The first-order valence-electron chi connectivity index (χ1n) is 27.7. The minimum atomic E-state index is -1.61. The van der Waals surface area contributed by atoms with Crippen LogP contribution < -0.4 is 0 Å². The van der Waals surface area contributed by atoms with Crippen LogP contribution in [-0.4, -0.2) is 101 Å². The maximum Gasteiger partial charge on any atom is 0.338 e. The van der Waals surface area contributed by atoms with Crippen molar-refractivity contribution in [3.05, 3.63) is 178 Å². The minimum absolute atomic E-state index is 0.0432.